The van der Waals surface area contributed by atoms with Gasteiger partial charge in [0.2, 0.25) is 0 Å². The molecule has 53 heavy (non-hydrogen) atoms. The van der Waals surface area contributed by atoms with E-state index in [1.165, 1.54) is 76.1 Å². The predicted molar refractivity (Wildman–Crippen MR) is 225 cm³/mol. The number of carbonyl (C=O) groups is 2. The summed E-state index contributed by atoms with van der Waals surface area (Å²) in [7, 11) is 14.8. The minimum atomic E-state index is -0.566. The monoisotopic (exact) mass is 768 g/mol. The number of hydrogen-bond acceptors (Lipinski definition) is 6. The van der Waals surface area contributed by atoms with Gasteiger partial charge in [-0.2, -0.15) is 0 Å². The number of carbonyl (C=O) groups excluding carboxylic acids is 2. The number of ether oxygens (including phenoxy) is 2. The zero-order valence-corrected chi connectivity index (χ0v) is 36.2. The van der Waals surface area contributed by atoms with Crippen LogP contribution in [0.3, 0.4) is 0 Å². The Bertz CT molecular complexity index is 1390. The van der Waals surface area contributed by atoms with Gasteiger partial charge in [-0.3, -0.25) is 9.59 Å². The standard InChI is InChI=1S/C45H72N2O4S2/c1-9-10-11-12-13-16-21-36-23-27-39(28-24-36)53-43-35-41(45(49)51-33-20-15-14-18-31-46(2,3)4)40(44(48)50-8)34-42(43)52-38-29-25-37(26-30-38)22-17-19-32-47(5,6)7/h23-30,40-41H,9-22,31-35H2,1-8H3/q+2/t40-,41-/m0/s1. The first-order valence-electron chi connectivity index (χ1n) is 20.4. The van der Waals surface area contributed by atoms with Crippen molar-refractivity contribution < 1.29 is 28.0 Å². The fourth-order valence-corrected chi connectivity index (χ4v) is 9.12. The zero-order valence-electron chi connectivity index (χ0n) is 34.6. The number of benzene rings is 2. The molecule has 3 rings (SSSR count). The number of aryl methyl sites for hydroxylation is 2. The molecule has 0 amide bonds. The molecule has 296 valence electrons. The highest BCUT2D eigenvalue weighted by atomic mass is 32.2. The molecule has 1 aliphatic rings. The van der Waals surface area contributed by atoms with Crippen molar-refractivity contribution in [2.24, 2.45) is 11.8 Å². The molecule has 0 saturated heterocycles. The van der Waals surface area contributed by atoms with Crippen LogP contribution in [0.2, 0.25) is 0 Å². The summed E-state index contributed by atoms with van der Waals surface area (Å²) in [5, 5.41) is 0. The highest BCUT2D eigenvalue weighted by Crippen LogP contribution is 2.48. The molecule has 2 aromatic carbocycles. The Morgan fingerprint density at radius 3 is 1.49 bits per heavy atom. The molecule has 0 saturated carbocycles. The first-order chi connectivity index (χ1) is 25.3. The lowest BCUT2D eigenvalue weighted by Gasteiger charge is -2.31. The average molecular weight is 769 g/mol. The molecule has 2 atom stereocenters. The van der Waals surface area contributed by atoms with E-state index in [4.69, 9.17) is 9.47 Å². The van der Waals surface area contributed by atoms with E-state index in [1.807, 2.05) is 0 Å². The van der Waals surface area contributed by atoms with Crippen LogP contribution in [0.15, 0.2) is 68.1 Å². The van der Waals surface area contributed by atoms with Gasteiger partial charge in [0.1, 0.15) is 0 Å². The molecule has 0 fully saturated rings. The fraction of sp³-hybridized carbons (Fsp3) is 0.644. The van der Waals surface area contributed by atoms with E-state index in [9.17, 15) is 9.59 Å². The second-order valence-electron chi connectivity index (χ2n) is 17.1. The number of quaternary nitrogens is 2. The van der Waals surface area contributed by atoms with Crippen LogP contribution in [0.5, 0.6) is 0 Å². The molecule has 1 aliphatic carbocycles. The van der Waals surface area contributed by atoms with Crippen molar-refractivity contribution in [2.75, 3.05) is 69.1 Å². The molecule has 0 bridgehead atoms. The highest BCUT2D eigenvalue weighted by Gasteiger charge is 2.41. The molecule has 0 aliphatic heterocycles. The van der Waals surface area contributed by atoms with Gasteiger partial charge in [0.05, 0.1) is 80.9 Å². The summed E-state index contributed by atoms with van der Waals surface area (Å²) in [6.45, 7) is 4.97. The molecule has 0 unspecified atom stereocenters. The molecule has 0 heterocycles. The van der Waals surface area contributed by atoms with Crippen molar-refractivity contribution in [2.45, 2.75) is 119 Å². The van der Waals surface area contributed by atoms with Gasteiger partial charge in [0.25, 0.3) is 0 Å². The van der Waals surface area contributed by atoms with Crippen LogP contribution in [-0.4, -0.2) is 90.0 Å². The summed E-state index contributed by atoms with van der Waals surface area (Å²) in [5.41, 5.74) is 2.73. The van der Waals surface area contributed by atoms with Gasteiger partial charge in [-0.25, -0.2) is 0 Å². The maximum absolute atomic E-state index is 13.7. The normalized spacial score (nSPS) is 16.5. The molecule has 0 spiro atoms. The third-order valence-electron chi connectivity index (χ3n) is 10.1. The van der Waals surface area contributed by atoms with Gasteiger partial charge in [-0.05, 0) is 106 Å². The molecule has 8 heteroatoms. The van der Waals surface area contributed by atoms with E-state index in [1.54, 1.807) is 23.5 Å². The quantitative estimate of drug-likeness (QED) is 0.0570. The Labute approximate surface area is 332 Å². The summed E-state index contributed by atoms with van der Waals surface area (Å²) in [6, 6.07) is 17.9. The lowest BCUT2D eigenvalue weighted by atomic mass is 9.82. The summed E-state index contributed by atoms with van der Waals surface area (Å²) < 4.78 is 13.1. The lowest BCUT2D eigenvalue weighted by molar-refractivity contribution is -0.870. The lowest BCUT2D eigenvalue weighted by Crippen LogP contribution is -2.35. The van der Waals surface area contributed by atoms with Crippen LogP contribution in [0, 0.1) is 11.8 Å². The Hall–Kier alpha value is -2.26. The Balaban J connectivity index is 1.74. The van der Waals surface area contributed by atoms with Crippen LogP contribution in [-0.2, 0) is 31.9 Å². The first-order valence-corrected chi connectivity index (χ1v) is 22.0. The molecule has 0 radical (unpaired) electrons. The maximum atomic E-state index is 13.7. The molecular formula is C45H72N2O4S2+2. The first kappa shape index (κ1) is 45.1. The minimum absolute atomic E-state index is 0.280. The van der Waals surface area contributed by atoms with Crippen LogP contribution < -0.4 is 0 Å². The summed E-state index contributed by atoms with van der Waals surface area (Å²) in [5.74, 6) is -1.74. The summed E-state index contributed by atoms with van der Waals surface area (Å²) in [4.78, 5) is 31.5. The number of hydrogen-bond donors (Lipinski definition) is 0. The minimum Gasteiger partial charge on any atom is -0.469 e. The number of esters is 2. The van der Waals surface area contributed by atoms with E-state index >= 15 is 0 Å². The fourth-order valence-electron chi connectivity index (χ4n) is 6.83. The number of nitrogens with zero attached hydrogens (tertiary/aromatic N) is 2. The number of rotatable bonds is 25. The van der Waals surface area contributed by atoms with E-state index in [0.29, 0.717) is 19.4 Å². The molecule has 0 N–H and O–H groups in total. The largest absolute Gasteiger partial charge is 0.469 e. The third-order valence-corrected chi connectivity index (χ3v) is 12.5. The number of unbranched alkanes of at least 4 members (excludes halogenated alkanes) is 9. The Morgan fingerprint density at radius 1 is 0.585 bits per heavy atom. The number of thioether (sulfide) groups is 2. The van der Waals surface area contributed by atoms with E-state index < -0.39 is 11.8 Å². The third kappa shape index (κ3) is 18.3. The Kier molecular flexibility index (Phi) is 20.1. The van der Waals surface area contributed by atoms with Crippen molar-refractivity contribution >= 4 is 35.5 Å². The van der Waals surface area contributed by atoms with Gasteiger partial charge in [0.15, 0.2) is 0 Å². The van der Waals surface area contributed by atoms with E-state index in [0.717, 1.165) is 73.6 Å². The van der Waals surface area contributed by atoms with Gasteiger partial charge < -0.3 is 18.4 Å². The van der Waals surface area contributed by atoms with Crippen LogP contribution in [0.25, 0.3) is 0 Å². The second-order valence-corrected chi connectivity index (χ2v) is 19.4. The molecule has 6 nitrogen and oxygen atoms in total. The number of allylic oxidation sites excluding steroid dienone is 2. The SMILES string of the molecule is CCCCCCCCc1ccc(SC2=C(Sc3ccc(CCCC[N+](C)(C)C)cc3)C[C@H](C(=O)OC)[C@@H](C(=O)OCCCCCC[N+](C)(C)C)C2)cc1. The van der Waals surface area contributed by atoms with Crippen molar-refractivity contribution in [1.82, 2.24) is 0 Å². The van der Waals surface area contributed by atoms with Crippen molar-refractivity contribution in [1.29, 1.82) is 0 Å². The van der Waals surface area contributed by atoms with Crippen LogP contribution in [0.4, 0.5) is 0 Å². The average Bonchev–Trinajstić information content (AvgIpc) is 3.11. The highest BCUT2D eigenvalue weighted by molar-refractivity contribution is 8.06. The van der Waals surface area contributed by atoms with Crippen LogP contribution in [0.1, 0.15) is 108 Å². The van der Waals surface area contributed by atoms with Gasteiger partial charge in [-0.1, -0.05) is 86.8 Å². The zero-order chi connectivity index (χ0) is 38.7. The van der Waals surface area contributed by atoms with Crippen molar-refractivity contribution in [3.05, 3.63) is 69.5 Å². The topological polar surface area (TPSA) is 52.6 Å². The van der Waals surface area contributed by atoms with Gasteiger partial charge >= 0.3 is 11.9 Å². The van der Waals surface area contributed by atoms with E-state index in [2.05, 4.69) is 97.7 Å². The second kappa shape index (κ2) is 23.6. The molecule has 2 aromatic rings. The molecule has 0 aromatic heterocycles. The van der Waals surface area contributed by atoms with Crippen molar-refractivity contribution in [3.63, 3.8) is 0 Å². The van der Waals surface area contributed by atoms with Gasteiger partial charge in [-0.15, -0.1) is 0 Å². The summed E-state index contributed by atoms with van der Waals surface area (Å²) >= 11 is 3.46. The summed E-state index contributed by atoms with van der Waals surface area (Å²) in [6.07, 6.45) is 17.5. The predicted octanol–water partition coefficient (Wildman–Crippen LogP) is 10.7. The molecular weight excluding hydrogens is 697 g/mol. The van der Waals surface area contributed by atoms with Crippen molar-refractivity contribution in [3.8, 4) is 0 Å². The van der Waals surface area contributed by atoms with Crippen LogP contribution >= 0.6 is 23.5 Å². The maximum Gasteiger partial charge on any atom is 0.310 e. The smallest absolute Gasteiger partial charge is 0.310 e. The van der Waals surface area contributed by atoms with Gasteiger partial charge in [0, 0.05) is 19.6 Å². The van der Waals surface area contributed by atoms with E-state index in [-0.39, 0.29) is 11.9 Å². The Morgan fingerprint density at radius 2 is 1.00 bits per heavy atom. The number of methoxy groups -OCH3 is 1.